The molecule has 20 heavy (non-hydrogen) atoms. The molecule has 0 aliphatic rings. The standard InChI is InChI=1S/C14H17Cl2N3S/c1-3-5-11-14(20-19-18-11)12(17-2)8-9-6-4-7-10(15)13(9)16/h4,6-7,12,17H,3,5,8H2,1-2H3. The van der Waals surface area contributed by atoms with Gasteiger partial charge in [0.1, 0.15) is 0 Å². The number of benzene rings is 1. The maximum absolute atomic E-state index is 6.27. The summed E-state index contributed by atoms with van der Waals surface area (Å²) in [5.41, 5.74) is 2.12. The zero-order chi connectivity index (χ0) is 14.5. The fourth-order valence-corrected chi connectivity index (χ4v) is 3.34. The van der Waals surface area contributed by atoms with E-state index < -0.39 is 0 Å². The smallest absolute Gasteiger partial charge is 0.0803 e. The maximum Gasteiger partial charge on any atom is 0.0803 e. The summed E-state index contributed by atoms with van der Waals surface area (Å²) in [5, 5.41) is 8.77. The van der Waals surface area contributed by atoms with Crippen molar-refractivity contribution in [3.8, 4) is 0 Å². The first-order valence-electron chi connectivity index (χ1n) is 6.58. The van der Waals surface area contributed by atoms with Crippen molar-refractivity contribution >= 4 is 34.7 Å². The van der Waals surface area contributed by atoms with Crippen LogP contribution in [0.15, 0.2) is 18.2 Å². The Kier molecular flexibility index (Phi) is 5.78. The fraction of sp³-hybridized carbons (Fsp3) is 0.429. The van der Waals surface area contributed by atoms with E-state index in [4.69, 9.17) is 23.2 Å². The first-order valence-corrected chi connectivity index (χ1v) is 8.11. The van der Waals surface area contributed by atoms with Gasteiger partial charge in [-0.15, -0.1) is 5.10 Å². The highest BCUT2D eigenvalue weighted by molar-refractivity contribution is 7.05. The predicted molar refractivity (Wildman–Crippen MR) is 85.9 cm³/mol. The Bertz CT molecular complexity index is 571. The molecule has 1 N–H and O–H groups in total. The molecule has 0 saturated carbocycles. The van der Waals surface area contributed by atoms with Crippen LogP contribution in [0.2, 0.25) is 10.0 Å². The van der Waals surface area contributed by atoms with Crippen molar-refractivity contribution in [1.29, 1.82) is 0 Å². The maximum atomic E-state index is 6.27. The number of likely N-dealkylation sites (N-methyl/N-ethyl adjacent to an activating group) is 1. The lowest BCUT2D eigenvalue weighted by molar-refractivity contribution is 0.593. The number of aromatic nitrogens is 2. The van der Waals surface area contributed by atoms with Crippen molar-refractivity contribution in [2.24, 2.45) is 0 Å². The first kappa shape index (κ1) is 15.7. The highest BCUT2D eigenvalue weighted by Crippen LogP contribution is 2.31. The van der Waals surface area contributed by atoms with Gasteiger partial charge in [0.05, 0.1) is 20.6 Å². The number of hydrogen-bond acceptors (Lipinski definition) is 4. The number of rotatable bonds is 6. The minimum absolute atomic E-state index is 0.160. The molecule has 0 saturated heterocycles. The van der Waals surface area contributed by atoms with Crippen LogP contribution in [0, 0.1) is 0 Å². The predicted octanol–water partition coefficient (Wildman–Crippen LogP) is 4.30. The first-order chi connectivity index (χ1) is 9.67. The molecule has 0 aliphatic carbocycles. The molecule has 2 aromatic rings. The van der Waals surface area contributed by atoms with Crippen molar-refractivity contribution in [1.82, 2.24) is 14.9 Å². The highest BCUT2D eigenvalue weighted by Gasteiger charge is 2.19. The molecule has 1 heterocycles. The zero-order valence-electron chi connectivity index (χ0n) is 11.5. The summed E-state index contributed by atoms with van der Waals surface area (Å²) in [4.78, 5) is 1.19. The Balaban J connectivity index is 2.24. The van der Waals surface area contributed by atoms with E-state index in [1.165, 1.54) is 16.4 Å². The van der Waals surface area contributed by atoms with Crippen molar-refractivity contribution in [3.05, 3.63) is 44.4 Å². The number of nitrogens with one attached hydrogen (secondary N) is 1. The van der Waals surface area contributed by atoms with E-state index >= 15 is 0 Å². The summed E-state index contributed by atoms with van der Waals surface area (Å²) in [6, 6.07) is 5.90. The highest BCUT2D eigenvalue weighted by atomic mass is 35.5. The van der Waals surface area contributed by atoms with Gasteiger partial charge >= 0.3 is 0 Å². The largest absolute Gasteiger partial charge is 0.312 e. The van der Waals surface area contributed by atoms with Gasteiger partial charge in [-0.3, -0.25) is 0 Å². The molecular weight excluding hydrogens is 313 g/mol. The summed E-state index contributed by atoms with van der Waals surface area (Å²) in [6.07, 6.45) is 2.79. The summed E-state index contributed by atoms with van der Waals surface area (Å²) in [7, 11) is 1.94. The van der Waals surface area contributed by atoms with Gasteiger partial charge in [0.25, 0.3) is 0 Å². The van der Waals surface area contributed by atoms with Crippen molar-refractivity contribution < 1.29 is 0 Å². The molecule has 1 aromatic heterocycles. The lowest BCUT2D eigenvalue weighted by Crippen LogP contribution is -2.19. The molecule has 0 fully saturated rings. The van der Waals surface area contributed by atoms with E-state index in [9.17, 15) is 0 Å². The second-order valence-corrected chi connectivity index (χ2v) is 6.16. The third-order valence-corrected chi connectivity index (χ3v) is 4.93. The SMILES string of the molecule is CCCc1nnsc1C(Cc1cccc(Cl)c1Cl)NC. The van der Waals surface area contributed by atoms with E-state index in [0.717, 1.165) is 30.5 Å². The van der Waals surface area contributed by atoms with Crippen LogP contribution >= 0.6 is 34.7 Å². The molecule has 0 aliphatic heterocycles. The van der Waals surface area contributed by atoms with Gasteiger partial charge in [-0.25, -0.2) is 0 Å². The summed E-state index contributed by atoms with van der Waals surface area (Å²) >= 11 is 13.8. The van der Waals surface area contributed by atoms with E-state index in [1.807, 2.05) is 19.2 Å². The second kappa shape index (κ2) is 7.36. The zero-order valence-corrected chi connectivity index (χ0v) is 13.8. The minimum Gasteiger partial charge on any atom is -0.312 e. The van der Waals surface area contributed by atoms with Crippen LogP contribution in [0.5, 0.6) is 0 Å². The number of hydrogen-bond donors (Lipinski definition) is 1. The summed E-state index contributed by atoms with van der Waals surface area (Å²) < 4.78 is 4.08. The molecule has 0 bridgehead atoms. The van der Waals surface area contributed by atoms with Gasteiger partial charge in [0.15, 0.2) is 0 Å². The van der Waals surface area contributed by atoms with Crippen LogP contribution in [0.4, 0.5) is 0 Å². The van der Waals surface area contributed by atoms with E-state index in [2.05, 4.69) is 21.8 Å². The molecule has 0 radical (unpaired) electrons. The van der Waals surface area contributed by atoms with Crippen molar-refractivity contribution in [2.45, 2.75) is 32.2 Å². The Hall–Kier alpha value is -0.680. The third-order valence-electron chi connectivity index (χ3n) is 3.19. The molecule has 0 spiro atoms. The van der Waals surface area contributed by atoms with Gasteiger partial charge < -0.3 is 5.32 Å². The number of aryl methyl sites for hydroxylation is 1. The molecule has 1 atom stereocenters. The average Bonchev–Trinajstić information content (AvgIpc) is 2.89. The average molecular weight is 330 g/mol. The molecule has 6 heteroatoms. The van der Waals surface area contributed by atoms with Crippen molar-refractivity contribution in [3.63, 3.8) is 0 Å². The molecular formula is C14H17Cl2N3S. The van der Waals surface area contributed by atoms with Crippen LogP contribution in [-0.2, 0) is 12.8 Å². The molecule has 1 unspecified atom stereocenters. The van der Waals surface area contributed by atoms with Crippen LogP contribution in [-0.4, -0.2) is 16.6 Å². The lowest BCUT2D eigenvalue weighted by atomic mass is 10.0. The van der Waals surface area contributed by atoms with Gasteiger partial charge in [0.2, 0.25) is 0 Å². The topological polar surface area (TPSA) is 37.8 Å². The molecule has 2 rings (SSSR count). The normalized spacial score (nSPS) is 12.6. The van der Waals surface area contributed by atoms with Gasteiger partial charge in [-0.05, 0) is 43.1 Å². The monoisotopic (exact) mass is 329 g/mol. The Morgan fingerprint density at radius 2 is 2.15 bits per heavy atom. The summed E-state index contributed by atoms with van der Waals surface area (Å²) in [6.45, 7) is 2.14. The van der Waals surface area contributed by atoms with Gasteiger partial charge in [-0.1, -0.05) is 53.2 Å². The van der Waals surface area contributed by atoms with Crippen LogP contribution in [0.3, 0.4) is 0 Å². The van der Waals surface area contributed by atoms with Crippen molar-refractivity contribution in [2.75, 3.05) is 7.05 Å². The molecule has 0 amide bonds. The van der Waals surface area contributed by atoms with E-state index in [1.54, 1.807) is 6.07 Å². The Morgan fingerprint density at radius 1 is 1.35 bits per heavy atom. The summed E-state index contributed by atoms with van der Waals surface area (Å²) in [5.74, 6) is 0. The fourth-order valence-electron chi connectivity index (χ4n) is 2.14. The lowest BCUT2D eigenvalue weighted by Gasteiger charge is -2.16. The molecule has 1 aromatic carbocycles. The molecule has 108 valence electrons. The van der Waals surface area contributed by atoms with E-state index in [0.29, 0.717) is 10.0 Å². The Labute approximate surface area is 133 Å². The quantitative estimate of drug-likeness (QED) is 0.858. The van der Waals surface area contributed by atoms with Crippen LogP contribution in [0.25, 0.3) is 0 Å². The van der Waals surface area contributed by atoms with Crippen LogP contribution < -0.4 is 5.32 Å². The minimum atomic E-state index is 0.160. The van der Waals surface area contributed by atoms with Crippen LogP contribution in [0.1, 0.15) is 35.5 Å². The number of nitrogens with zero attached hydrogens (tertiary/aromatic N) is 2. The second-order valence-electron chi connectivity index (χ2n) is 4.59. The third kappa shape index (κ3) is 3.50. The van der Waals surface area contributed by atoms with Gasteiger partial charge in [-0.2, -0.15) is 0 Å². The Morgan fingerprint density at radius 3 is 2.85 bits per heavy atom. The van der Waals surface area contributed by atoms with E-state index in [-0.39, 0.29) is 6.04 Å². The number of halogens is 2. The van der Waals surface area contributed by atoms with Gasteiger partial charge in [0, 0.05) is 6.04 Å². The molecule has 3 nitrogen and oxygen atoms in total.